The van der Waals surface area contributed by atoms with Gasteiger partial charge >= 0.3 is 0 Å². The van der Waals surface area contributed by atoms with Gasteiger partial charge in [0.15, 0.2) is 0 Å². The van der Waals surface area contributed by atoms with Crippen LogP contribution in [0.4, 0.5) is 5.69 Å². The average molecular weight is 254 g/mol. The first-order valence-corrected chi connectivity index (χ1v) is 6.30. The highest BCUT2D eigenvalue weighted by Crippen LogP contribution is 2.22. The van der Waals surface area contributed by atoms with E-state index in [2.05, 4.69) is 31.1 Å². The smallest absolute Gasteiger partial charge is 0.255 e. The third kappa shape index (κ3) is 3.41. The molecule has 2 aromatic rings. The van der Waals surface area contributed by atoms with E-state index in [1.807, 2.05) is 24.3 Å². The molecule has 0 spiro atoms. The fourth-order valence-electron chi connectivity index (χ4n) is 1.71. The van der Waals surface area contributed by atoms with Crippen molar-refractivity contribution in [3.63, 3.8) is 0 Å². The first-order valence-electron chi connectivity index (χ1n) is 6.30. The number of benzene rings is 1. The van der Waals surface area contributed by atoms with E-state index in [1.165, 1.54) is 0 Å². The summed E-state index contributed by atoms with van der Waals surface area (Å²) in [4.78, 5) is 16.4. The number of amides is 1. The Morgan fingerprint density at radius 2 is 1.79 bits per heavy atom. The summed E-state index contributed by atoms with van der Waals surface area (Å²) in [7, 11) is 0. The van der Waals surface area contributed by atoms with Crippen LogP contribution in [0.2, 0.25) is 0 Å². The molecule has 0 aliphatic rings. The van der Waals surface area contributed by atoms with Crippen LogP contribution in [-0.4, -0.2) is 10.9 Å². The summed E-state index contributed by atoms with van der Waals surface area (Å²) in [6, 6.07) is 12.9. The molecule has 3 nitrogen and oxygen atoms in total. The Bertz CT molecular complexity index is 571. The number of rotatable bonds is 2. The lowest BCUT2D eigenvalue weighted by molar-refractivity contribution is 0.102. The molecule has 19 heavy (non-hydrogen) atoms. The SMILES string of the molecule is CC(C)(C)c1cc(NC(=O)c2ccccc2)ccn1. The van der Waals surface area contributed by atoms with Crippen LogP contribution in [0.25, 0.3) is 0 Å². The molecule has 0 unspecified atom stereocenters. The van der Waals surface area contributed by atoms with Crippen LogP contribution in [0.15, 0.2) is 48.7 Å². The van der Waals surface area contributed by atoms with Crippen LogP contribution in [0.1, 0.15) is 36.8 Å². The first kappa shape index (κ1) is 13.3. The van der Waals surface area contributed by atoms with Gasteiger partial charge in [0, 0.05) is 28.6 Å². The molecule has 1 heterocycles. The highest BCUT2D eigenvalue weighted by Gasteiger charge is 2.16. The van der Waals surface area contributed by atoms with Crippen molar-refractivity contribution in [2.24, 2.45) is 0 Å². The van der Waals surface area contributed by atoms with Gasteiger partial charge in [0.05, 0.1) is 0 Å². The Morgan fingerprint density at radius 1 is 1.11 bits per heavy atom. The zero-order valence-electron chi connectivity index (χ0n) is 11.5. The fraction of sp³-hybridized carbons (Fsp3) is 0.250. The van der Waals surface area contributed by atoms with Crippen molar-refractivity contribution in [2.45, 2.75) is 26.2 Å². The van der Waals surface area contributed by atoms with E-state index in [0.29, 0.717) is 5.56 Å². The molecular formula is C16H18N2O. The quantitative estimate of drug-likeness (QED) is 0.889. The predicted molar refractivity (Wildman–Crippen MR) is 77.3 cm³/mol. The number of nitrogens with one attached hydrogen (secondary N) is 1. The van der Waals surface area contributed by atoms with Gasteiger partial charge in [-0.3, -0.25) is 9.78 Å². The standard InChI is InChI=1S/C16H18N2O/c1-16(2,3)14-11-13(9-10-17-14)18-15(19)12-7-5-4-6-8-12/h4-11H,1-3H3,(H,17,18,19). The Labute approximate surface area is 113 Å². The van der Waals surface area contributed by atoms with E-state index < -0.39 is 0 Å². The number of carbonyl (C=O) groups is 1. The Balaban J connectivity index is 2.18. The van der Waals surface area contributed by atoms with E-state index in [9.17, 15) is 4.79 Å². The Morgan fingerprint density at radius 3 is 2.42 bits per heavy atom. The number of aromatic nitrogens is 1. The van der Waals surface area contributed by atoms with Crippen LogP contribution >= 0.6 is 0 Å². The van der Waals surface area contributed by atoms with Gasteiger partial charge in [-0.05, 0) is 24.3 Å². The van der Waals surface area contributed by atoms with Crippen molar-refractivity contribution < 1.29 is 4.79 Å². The summed E-state index contributed by atoms with van der Waals surface area (Å²) in [6.07, 6.45) is 1.72. The molecule has 0 saturated heterocycles. The molecule has 3 heteroatoms. The third-order valence-electron chi connectivity index (χ3n) is 2.82. The summed E-state index contributed by atoms with van der Waals surface area (Å²) in [5.41, 5.74) is 2.34. The number of hydrogen-bond donors (Lipinski definition) is 1. The maximum absolute atomic E-state index is 12.0. The van der Waals surface area contributed by atoms with E-state index >= 15 is 0 Å². The second kappa shape index (κ2) is 5.22. The summed E-state index contributed by atoms with van der Waals surface area (Å²) in [5.74, 6) is -0.105. The van der Waals surface area contributed by atoms with E-state index in [1.54, 1.807) is 24.4 Å². The predicted octanol–water partition coefficient (Wildman–Crippen LogP) is 3.63. The van der Waals surface area contributed by atoms with Crippen molar-refractivity contribution >= 4 is 11.6 Å². The van der Waals surface area contributed by atoms with Crippen LogP contribution in [0, 0.1) is 0 Å². The van der Waals surface area contributed by atoms with Crippen LogP contribution in [-0.2, 0) is 5.41 Å². The molecule has 0 aliphatic heterocycles. The summed E-state index contributed by atoms with van der Waals surface area (Å²) < 4.78 is 0. The molecule has 0 aliphatic carbocycles. The minimum Gasteiger partial charge on any atom is -0.322 e. The molecule has 0 saturated carbocycles. The third-order valence-corrected chi connectivity index (χ3v) is 2.82. The second-order valence-electron chi connectivity index (χ2n) is 5.50. The molecule has 1 N–H and O–H groups in total. The molecule has 1 aromatic carbocycles. The van der Waals surface area contributed by atoms with Crippen molar-refractivity contribution in [1.29, 1.82) is 0 Å². The largest absolute Gasteiger partial charge is 0.322 e. The minimum atomic E-state index is -0.105. The van der Waals surface area contributed by atoms with Crippen molar-refractivity contribution in [3.05, 3.63) is 59.9 Å². The van der Waals surface area contributed by atoms with Crippen molar-refractivity contribution in [1.82, 2.24) is 4.98 Å². The first-order chi connectivity index (χ1) is 8.97. The molecule has 0 fully saturated rings. The number of hydrogen-bond acceptors (Lipinski definition) is 2. The number of pyridine rings is 1. The van der Waals surface area contributed by atoms with Gasteiger partial charge in [0.25, 0.3) is 5.91 Å². The molecule has 1 aromatic heterocycles. The second-order valence-corrected chi connectivity index (χ2v) is 5.50. The zero-order valence-corrected chi connectivity index (χ0v) is 11.5. The van der Waals surface area contributed by atoms with Gasteiger partial charge in [-0.2, -0.15) is 0 Å². The van der Waals surface area contributed by atoms with Gasteiger partial charge in [-0.15, -0.1) is 0 Å². The maximum Gasteiger partial charge on any atom is 0.255 e. The number of carbonyl (C=O) groups excluding carboxylic acids is 1. The van der Waals surface area contributed by atoms with Gasteiger partial charge in [0.1, 0.15) is 0 Å². The molecule has 98 valence electrons. The summed E-state index contributed by atoms with van der Waals surface area (Å²) in [6.45, 7) is 6.29. The topological polar surface area (TPSA) is 42.0 Å². The minimum absolute atomic E-state index is 0.0342. The highest BCUT2D eigenvalue weighted by atomic mass is 16.1. The molecule has 2 rings (SSSR count). The Hall–Kier alpha value is -2.16. The van der Waals surface area contributed by atoms with Gasteiger partial charge < -0.3 is 5.32 Å². The lowest BCUT2D eigenvalue weighted by Crippen LogP contribution is -2.16. The van der Waals surface area contributed by atoms with Crippen LogP contribution < -0.4 is 5.32 Å². The van der Waals surface area contributed by atoms with Gasteiger partial charge in [-0.25, -0.2) is 0 Å². The highest BCUT2D eigenvalue weighted by molar-refractivity contribution is 6.04. The van der Waals surface area contributed by atoms with Crippen molar-refractivity contribution in [2.75, 3.05) is 5.32 Å². The summed E-state index contributed by atoms with van der Waals surface area (Å²) >= 11 is 0. The number of nitrogens with zero attached hydrogens (tertiary/aromatic N) is 1. The lowest BCUT2D eigenvalue weighted by atomic mass is 9.91. The van der Waals surface area contributed by atoms with E-state index in [4.69, 9.17) is 0 Å². The monoisotopic (exact) mass is 254 g/mol. The molecule has 0 bridgehead atoms. The normalized spacial score (nSPS) is 11.1. The summed E-state index contributed by atoms with van der Waals surface area (Å²) in [5, 5.41) is 2.89. The fourth-order valence-corrected chi connectivity index (χ4v) is 1.71. The Kier molecular flexibility index (Phi) is 3.65. The average Bonchev–Trinajstić information content (AvgIpc) is 2.39. The maximum atomic E-state index is 12.0. The number of anilines is 1. The molecule has 1 amide bonds. The van der Waals surface area contributed by atoms with E-state index in [-0.39, 0.29) is 11.3 Å². The molecular weight excluding hydrogens is 236 g/mol. The van der Waals surface area contributed by atoms with Crippen LogP contribution in [0.3, 0.4) is 0 Å². The van der Waals surface area contributed by atoms with Gasteiger partial charge in [-0.1, -0.05) is 39.0 Å². The molecule has 0 radical (unpaired) electrons. The van der Waals surface area contributed by atoms with Crippen molar-refractivity contribution in [3.8, 4) is 0 Å². The van der Waals surface area contributed by atoms with E-state index in [0.717, 1.165) is 11.4 Å². The van der Waals surface area contributed by atoms with Crippen LogP contribution in [0.5, 0.6) is 0 Å². The van der Waals surface area contributed by atoms with Gasteiger partial charge in [0.2, 0.25) is 0 Å². The lowest BCUT2D eigenvalue weighted by Gasteiger charge is -2.18. The molecule has 0 atom stereocenters. The zero-order chi connectivity index (χ0) is 13.9.